The molecular formula is C65H65N5O. The Bertz CT molecular complexity index is 3570. The fourth-order valence-electron chi connectivity index (χ4n) is 12.2. The van der Waals surface area contributed by atoms with E-state index in [4.69, 9.17) is 9.72 Å². The van der Waals surface area contributed by atoms with E-state index in [1.165, 1.54) is 72.7 Å². The third-order valence-corrected chi connectivity index (χ3v) is 15.7. The van der Waals surface area contributed by atoms with Crippen molar-refractivity contribution in [3.63, 3.8) is 0 Å². The zero-order valence-corrected chi connectivity index (χ0v) is 43.7. The number of pyridine rings is 2. The Morgan fingerprint density at radius 3 is 1.79 bits per heavy atom. The van der Waals surface area contributed by atoms with Gasteiger partial charge in [-0.05, 0) is 131 Å². The second-order valence-corrected chi connectivity index (χ2v) is 24.5. The van der Waals surface area contributed by atoms with Crippen molar-refractivity contribution in [2.45, 2.75) is 110 Å². The van der Waals surface area contributed by atoms with Crippen LogP contribution in [0.15, 0.2) is 146 Å². The molecule has 356 valence electrons. The number of ether oxygens (including phenoxy) is 1. The first-order valence-corrected chi connectivity index (χ1v) is 25.4. The van der Waals surface area contributed by atoms with E-state index >= 15 is 0 Å². The molecule has 5 heterocycles. The minimum Gasteiger partial charge on any atom is -0.457 e. The van der Waals surface area contributed by atoms with E-state index in [1.54, 1.807) is 0 Å². The molecule has 12 rings (SSSR count). The Hall–Kier alpha value is -7.18. The quantitative estimate of drug-likeness (QED) is 0.176. The van der Waals surface area contributed by atoms with Gasteiger partial charge in [-0.1, -0.05) is 150 Å². The number of benzene rings is 6. The minimum atomic E-state index is -0.645. The average Bonchev–Trinajstić information content (AvgIpc) is 3.95. The van der Waals surface area contributed by atoms with Gasteiger partial charge in [0.05, 0.1) is 40.2 Å². The van der Waals surface area contributed by atoms with Gasteiger partial charge in [0.25, 0.3) is 0 Å². The lowest BCUT2D eigenvalue weighted by Crippen LogP contribution is -2.40. The highest BCUT2D eigenvalue weighted by Crippen LogP contribution is 2.68. The Labute approximate surface area is 420 Å². The summed E-state index contributed by atoms with van der Waals surface area (Å²) in [6, 6.07) is 47.7. The summed E-state index contributed by atoms with van der Waals surface area (Å²) in [5.74, 6) is 2.40. The van der Waals surface area contributed by atoms with Gasteiger partial charge in [-0.25, -0.2) is 4.98 Å². The lowest BCUT2D eigenvalue weighted by Gasteiger charge is -2.46. The van der Waals surface area contributed by atoms with E-state index < -0.39 is 5.41 Å². The Balaban J connectivity index is 1.17. The lowest BCUT2D eigenvalue weighted by molar-refractivity contribution is 0.484. The van der Waals surface area contributed by atoms with E-state index in [9.17, 15) is 0 Å². The largest absolute Gasteiger partial charge is 0.457 e. The molecule has 3 aliphatic rings. The lowest BCUT2D eigenvalue weighted by atomic mass is 9.59. The van der Waals surface area contributed by atoms with Gasteiger partial charge in [-0.3, -0.25) is 9.55 Å². The van der Waals surface area contributed by atoms with Crippen LogP contribution in [0, 0.1) is 0 Å². The number of para-hydroxylation sites is 2. The van der Waals surface area contributed by atoms with E-state index in [0.29, 0.717) is 0 Å². The van der Waals surface area contributed by atoms with E-state index in [-0.39, 0.29) is 21.7 Å². The molecule has 2 aliphatic heterocycles. The van der Waals surface area contributed by atoms with Crippen molar-refractivity contribution in [2.75, 3.05) is 23.5 Å². The van der Waals surface area contributed by atoms with Gasteiger partial charge in [-0.2, -0.15) is 0 Å². The topological polar surface area (TPSA) is 46.4 Å². The summed E-state index contributed by atoms with van der Waals surface area (Å²) in [6.07, 6.45) is 5.59. The molecule has 0 amide bonds. The fourth-order valence-corrected chi connectivity index (χ4v) is 12.2. The van der Waals surface area contributed by atoms with Gasteiger partial charge in [-0.15, -0.1) is 0 Å². The molecule has 0 fully saturated rings. The zero-order valence-electron chi connectivity index (χ0n) is 43.7. The number of nitrogens with zero attached hydrogens (tertiary/aromatic N) is 5. The maximum Gasteiger partial charge on any atom is 0.137 e. The van der Waals surface area contributed by atoms with E-state index in [0.717, 1.165) is 56.9 Å². The molecule has 0 bridgehead atoms. The van der Waals surface area contributed by atoms with Gasteiger partial charge in [0.1, 0.15) is 17.3 Å². The van der Waals surface area contributed by atoms with Crippen molar-refractivity contribution in [3.8, 4) is 39.6 Å². The van der Waals surface area contributed by atoms with Crippen LogP contribution >= 0.6 is 0 Å². The summed E-state index contributed by atoms with van der Waals surface area (Å²) in [4.78, 5) is 14.2. The fraction of sp³-hybridized carbons (Fsp3) is 0.292. The van der Waals surface area contributed by atoms with Crippen molar-refractivity contribution >= 4 is 38.9 Å². The highest BCUT2D eigenvalue weighted by molar-refractivity contribution is 6.11. The van der Waals surface area contributed by atoms with Crippen LogP contribution in [0.25, 0.3) is 49.9 Å². The van der Waals surface area contributed by atoms with Gasteiger partial charge >= 0.3 is 0 Å². The maximum absolute atomic E-state index is 7.41. The van der Waals surface area contributed by atoms with Crippen LogP contribution in [0.3, 0.4) is 0 Å². The van der Waals surface area contributed by atoms with Gasteiger partial charge in [0.15, 0.2) is 0 Å². The molecular weight excluding hydrogens is 867 g/mol. The molecule has 0 radical (unpaired) electrons. The van der Waals surface area contributed by atoms with Crippen molar-refractivity contribution in [1.82, 2.24) is 14.5 Å². The predicted molar refractivity (Wildman–Crippen MR) is 296 cm³/mol. The monoisotopic (exact) mass is 932 g/mol. The number of aromatic nitrogens is 3. The Morgan fingerprint density at radius 2 is 1.17 bits per heavy atom. The van der Waals surface area contributed by atoms with Gasteiger partial charge in [0.2, 0.25) is 0 Å². The molecule has 0 saturated heterocycles. The van der Waals surface area contributed by atoms with Crippen LogP contribution in [0.2, 0.25) is 0 Å². The van der Waals surface area contributed by atoms with Crippen LogP contribution in [-0.4, -0.2) is 28.3 Å². The highest BCUT2D eigenvalue weighted by atomic mass is 16.5. The second kappa shape index (κ2) is 15.2. The van der Waals surface area contributed by atoms with Gasteiger partial charge in [0, 0.05) is 54.1 Å². The first-order valence-electron chi connectivity index (χ1n) is 25.4. The third-order valence-electron chi connectivity index (χ3n) is 15.7. The number of hydrogen-bond donors (Lipinski definition) is 0. The number of hydrogen-bond acceptors (Lipinski definition) is 5. The van der Waals surface area contributed by atoms with Crippen LogP contribution < -0.4 is 14.5 Å². The average molecular weight is 932 g/mol. The molecule has 3 aromatic heterocycles. The molecule has 9 aromatic rings. The van der Waals surface area contributed by atoms with Crippen LogP contribution in [0.5, 0.6) is 11.5 Å². The molecule has 0 unspecified atom stereocenters. The zero-order chi connectivity index (χ0) is 49.7. The van der Waals surface area contributed by atoms with Crippen LogP contribution in [0.1, 0.15) is 128 Å². The SMILES string of the molecule is CN1CN2c3cc(Oc4cc5c(cc4-c4ccncc4)c4ccccc4n5-c4ccccn4)ccc3C3(c4cccc1c42)c1c(cc(C(C)(C)C)cc1C(C)(C)C)-c1cc(C(C)(C)C)cc(C(C)(C)C)c13. The smallest absolute Gasteiger partial charge is 0.137 e. The molecule has 0 saturated carbocycles. The standard InChI is InChI=1S/C65H65N5O/c1-61(2,3)40-31-46-47-32-41(62(4,5)6)34-51(64(10,11)12)59(47)65(58(46)50(33-40)63(7,8)9)48-25-24-42(35-55(48)69-38-68(13)53-22-18-20-49(65)60(53)69)71-56-37-54-45(36-44(56)39-26-29-66-30-27-39)43-19-14-15-21-52(43)70(54)57-23-16-17-28-67-57/h14-37H,38H2,1-13H3. The second-order valence-electron chi connectivity index (χ2n) is 24.5. The van der Waals surface area contributed by atoms with Crippen LogP contribution in [0.4, 0.5) is 17.1 Å². The van der Waals surface area contributed by atoms with Crippen molar-refractivity contribution < 1.29 is 4.74 Å². The highest BCUT2D eigenvalue weighted by Gasteiger charge is 2.57. The summed E-state index contributed by atoms with van der Waals surface area (Å²) < 4.78 is 9.67. The summed E-state index contributed by atoms with van der Waals surface area (Å²) in [6.45, 7) is 29.4. The van der Waals surface area contributed by atoms with Gasteiger partial charge < -0.3 is 14.5 Å². The predicted octanol–water partition coefficient (Wildman–Crippen LogP) is 16.4. The number of fused-ring (bicyclic) bond motifs is 12. The number of rotatable bonds is 4. The summed E-state index contributed by atoms with van der Waals surface area (Å²) in [5, 5.41) is 2.29. The first-order chi connectivity index (χ1) is 33.7. The molecule has 6 nitrogen and oxygen atoms in total. The summed E-state index contributed by atoms with van der Waals surface area (Å²) >= 11 is 0. The molecule has 0 N–H and O–H groups in total. The molecule has 6 heteroatoms. The normalized spacial score (nSPS) is 14.8. The maximum atomic E-state index is 7.41. The third kappa shape index (κ3) is 6.66. The summed E-state index contributed by atoms with van der Waals surface area (Å²) in [7, 11) is 2.24. The van der Waals surface area contributed by atoms with E-state index in [1.807, 2.05) is 30.7 Å². The van der Waals surface area contributed by atoms with Crippen molar-refractivity contribution in [1.29, 1.82) is 0 Å². The molecule has 0 atom stereocenters. The first kappa shape index (κ1) is 45.0. The van der Waals surface area contributed by atoms with Crippen LogP contribution in [-0.2, 0) is 27.1 Å². The Morgan fingerprint density at radius 1 is 0.521 bits per heavy atom. The molecule has 1 aliphatic carbocycles. The molecule has 71 heavy (non-hydrogen) atoms. The number of anilines is 3. The summed E-state index contributed by atoms with van der Waals surface area (Å²) in [5.41, 5.74) is 20.4. The molecule has 1 spiro atoms. The van der Waals surface area contributed by atoms with Crippen molar-refractivity contribution in [3.05, 3.63) is 190 Å². The Kier molecular flexibility index (Phi) is 9.61. The molecule has 6 aromatic carbocycles. The van der Waals surface area contributed by atoms with Crippen molar-refractivity contribution in [2.24, 2.45) is 0 Å². The van der Waals surface area contributed by atoms with E-state index in [2.05, 4.69) is 225 Å². The minimum absolute atomic E-state index is 0.0617.